The maximum atomic E-state index is 12.5. The van der Waals surface area contributed by atoms with Crippen molar-refractivity contribution < 1.29 is 4.79 Å². The van der Waals surface area contributed by atoms with E-state index in [1.807, 2.05) is 30.3 Å². The summed E-state index contributed by atoms with van der Waals surface area (Å²) in [6, 6.07) is 15.3. The summed E-state index contributed by atoms with van der Waals surface area (Å²) < 4.78 is 1.22. The number of rotatable bonds is 5. The third kappa shape index (κ3) is 4.18. The first-order valence-electron chi connectivity index (χ1n) is 9.70. The van der Waals surface area contributed by atoms with Crippen LogP contribution in [-0.2, 0) is 11.3 Å². The van der Waals surface area contributed by atoms with Crippen LogP contribution >= 0.6 is 11.6 Å². The molecule has 3 aromatic rings. The molecule has 1 aromatic heterocycles. The lowest BCUT2D eigenvalue weighted by molar-refractivity contribution is -0.122. The minimum absolute atomic E-state index is 0.0892. The van der Waals surface area contributed by atoms with E-state index in [4.69, 9.17) is 11.6 Å². The van der Waals surface area contributed by atoms with E-state index in [1.54, 1.807) is 18.3 Å². The predicted octanol–water partition coefficient (Wildman–Crippen LogP) is 2.86. The average molecular weight is 411 g/mol. The number of halogens is 1. The van der Waals surface area contributed by atoms with Crippen LogP contribution < -0.4 is 10.9 Å². The quantitative estimate of drug-likeness (QED) is 0.702. The van der Waals surface area contributed by atoms with Crippen LogP contribution in [0.25, 0.3) is 10.8 Å². The van der Waals surface area contributed by atoms with Crippen molar-refractivity contribution in [1.29, 1.82) is 0 Å². The van der Waals surface area contributed by atoms with Gasteiger partial charge in [-0.1, -0.05) is 41.9 Å². The summed E-state index contributed by atoms with van der Waals surface area (Å²) in [6.45, 7) is 1.42. The number of nitrogens with one attached hydrogen (secondary N) is 1. The van der Waals surface area contributed by atoms with E-state index in [2.05, 4.69) is 28.4 Å². The number of amides is 1. The lowest BCUT2D eigenvalue weighted by atomic mass is 9.93. The summed E-state index contributed by atoms with van der Waals surface area (Å²) in [4.78, 5) is 27.3. The molecule has 0 aliphatic carbocycles. The fraction of sp³-hybridized carbons (Fsp3) is 0.318. The fourth-order valence-corrected chi connectivity index (χ4v) is 4.33. The second-order valence-corrected chi connectivity index (χ2v) is 7.96. The van der Waals surface area contributed by atoms with Crippen LogP contribution in [0.4, 0.5) is 0 Å². The number of fused-ring (bicyclic) bond motifs is 1. The highest BCUT2D eigenvalue weighted by Gasteiger charge is 2.33. The topological polar surface area (TPSA) is 67.2 Å². The van der Waals surface area contributed by atoms with E-state index in [0.717, 1.165) is 23.9 Å². The Morgan fingerprint density at radius 1 is 1.24 bits per heavy atom. The highest BCUT2D eigenvalue weighted by Crippen LogP contribution is 2.36. The van der Waals surface area contributed by atoms with Crippen LogP contribution in [0.1, 0.15) is 18.0 Å². The van der Waals surface area contributed by atoms with E-state index in [0.29, 0.717) is 17.0 Å². The zero-order chi connectivity index (χ0) is 20.4. The fourth-order valence-electron chi connectivity index (χ4n) is 4.13. The highest BCUT2D eigenvalue weighted by molar-refractivity contribution is 6.30. The molecule has 1 aliphatic heterocycles. The first-order chi connectivity index (χ1) is 14.0. The van der Waals surface area contributed by atoms with Gasteiger partial charge in [-0.25, -0.2) is 4.68 Å². The number of hydrogen-bond acceptors (Lipinski definition) is 4. The molecule has 1 fully saturated rings. The Morgan fingerprint density at radius 3 is 2.90 bits per heavy atom. The maximum Gasteiger partial charge on any atom is 0.275 e. The van der Waals surface area contributed by atoms with Crippen LogP contribution in [0, 0.1) is 5.92 Å². The predicted molar refractivity (Wildman–Crippen MR) is 114 cm³/mol. The Labute approximate surface area is 174 Å². The van der Waals surface area contributed by atoms with Gasteiger partial charge in [-0.3, -0.25) is 14.5 Å². The minimum atomic E-state index is -0.254. The average Bonchev–Trinajstić information content (AvgIpc) is 3.09. The number of carbonyl (C=O) groups is 1. The summed E-state index contributed by atoms with van der Waals surface area (Å²) in [6.07, 6.45) is 2.60. The smallest absolute Gasteiger partial charge is 0.275 e. The summed E-state index contributed by atoms with van der Waals surface area (Å²) in [7, 11) is 2.09. The molecule has 150 valence electrons. The van der Waals surface area contributed by atoms with Crippen LogP contribution in [0.3, 0.4) is 0 Å². The molecule has 0 radical (unpaired) electrons. The molecule has 7 heteroatoms. The molecule has 1 aliphatic rings. The number of benzene rings is 2. The van der Waals surface area contributed by atoms with Gasteiger partial charge in [0.1, 0.15) is 6.54 Å². The van der Waals surface area contributed by atoms with Crippen molar-refractivity contribution in [3.8, 4) is 0 Å². The Morgan fingerprint density at radius 2 is 2.07 bits per heavy atom. The minimum Gasteiger partial charge on any atom is -0.354 e. The van der Waals surface area contributed by atoms with E-state index in [1.165, 1.54) is 4.68 Å². The van der Waals surface area contributed by atoms with E-state index in [9.17, 15) is 9.59 Å². The molecule has 0 saturated carbocycles. The summed E-state index contributed by atoms with van der Waals surface area (Å²) in [5.74, 6) is 0.0676. The van der Waals surface area contributed by atoms with E-state index in [-0.39, 0.29) is 30.0 Å². The van der Waals surface area contributed by atoms with Crippen molar-refractivity contribution in [2.45, 2.75) is 19.0 Å². The summed E-state index contributed by atoms with van der Waals surface area (Å²) >= 11 is 6.17. The second kappa shape index (κ2) is 8.35. The SMILES string of the molecule is CN1CCC(CNC(=O)Cn2ncc3ccccc3c2=O)C1c1cccc(Cl)c1. The molecule has 2 heterocycles. The lowest BCUT2D eigenvalue weighted by Gasteiger charge is -2.26. The third-order valence-electron chi connectivity index (χ3n) is 5.58. The van der Waals surface area contributed by atoms with Gasteiger partial charge in [-0.2, -0.15) is 5.10 Å². The maximum absolute atomic E-state index is 12.5. The van der Waals surface area contributed by atoms with Gasteiger partial charge in [0.05, 0.1) is 11.6 Å². The molecule has 1 N–H and O–H groups in total. The van der Waals surface area contributed by atoms with Gasteiger partial charge in [-0.05, 0) is 49.7 Å². The van der Waals surface area contributed by atoms with Gasteiger partial charge < -0.3 is 5.32 Å². The molecule has 2 atom stereocenters. The molecule has 1 amide bonds. The summed E-state index contributed by atoms with van der Waals surface area (Å²) in [5.41, 5.74) is 0.903. The largest absolute Gasteiger partial charge is 0.354 e. The van der Waals surface area contributed by atoms with Gasteiger partial charge in [-0.15, -0.1) is 0 Å². The van der Waals surface area contributed by atoms with Crippen LogP contribution in [0.15, 0.2) is 59.5 Å². The molecule has 2 unspecified atom stereocenters. The molecular weight excluding hydrogens is 388 g/mol. The van der Waals surface area contributed by atoms with Crippen LogP contribution in [-0.4, -0.2) is 40.7 Å². The molecule has 29 heavy (non-hydrogen) atoms. The molecule has 0 bridgehead atoms. The van der Waals surface area contributed by atoms with Gasteiger partial charge in [0.2, 0.25) is 5.91 Å². The zero-order valence-electron chi connectivity index (χ0n) is 16.2. The van der Waals surface area contributed by atoms with Gasteiger partial charge in [0, 0.05) is 23.0 Å². The van der Waals surface area contributed by atoms with Crippen molar-refractivity contribution >= 4 is 28.3 Å². The number of likely N-dealkylation sites (tertiary alicyclic amines) is 1. The molecular formula is C22H23ClN4O2. The molecule has 1 saturated heterocycles. The van der Waals surface area contributed by atoms with Crippen LogP contribution in [0.5, 0.6) is 0 Å². The first-order valence-corrected chi connectivity index (χ1v) is 10.1. The Bertz CT molecular complexity index is 1100. The van der Waals surface area contributed by atoms with Crippen molar-refractivity contribution in [1.82, 2.24) is 20.0 Å². The number of aromatic nitrogens is 2. The van der Waals surface area contributed by atoms with Crippen molar-refractivity contribution in [2.24, 2.45) is 5.92 Å². The molecule has 6 nitrogen and oxygen atoms in total. The first kappa shape index (κ1) is 19.6. The van der Waals surface area contributed by atoms with E-state index < -0.39 is 0 Å². The third-order valence-corrected chi connectivity index (χ3v) is 5.82. The number of nitrogens with zero attached hydrogens (tertiary/aromatic N) is 3. The zero-order valence-corrected chi connectivity index (χ0v) is 17.0. The van der Waals surface area contributed by atoms with Gasteiger partial charge in [0.15, 0.2) is 0 Å². The second-order valence-electron chi connectivity index (χ2n) is 7.53. The molecule has 4 rings (SSSR count). The molecule has 0 spiro atoms. The van der Waals surface area contributed by atoms with Crippen molar-refractivity contribution in [3.63, 3.8) is 0 Å². The number of hydrogen-bond donors (Lipinski definition) is 1. The Hall–Kier alpha value is -2.70. The molecule has 2 aromatic carbocycles. The Balaban J connectivity index is 1.43. The standard InChI is InChI=1S/C22H23ClN4O2/c1-26-10-9-17(21(26)15-6-4-7-18(23)11-15)12-24-20(28)14-27-22(29)19-8-3-2-5-16(19)13-25-27/h2-8,11,13,17,21H,9-10,12,14H2,1H3,(H,24,28). The van der Waals surface area contributed by atoms with E-state index >= 15 is 0 Å². The van der Waals surface area contributed by atoms with Crippen molar-refractivity contribution in [2.75, 3.05) is 20.1 Å². The monoisotopic (exact) mass is 410 g/mol. The van der Waals surface area contributed by atoms with Crippen molar-refractivity contribution in [3.05, 3.63) is 75.7 Å². The lowest BCUT2D eigenvalue weighted by Crippen LogP contribution is -2.37. The van der Waals surface area contributed by atoms with Gasteiger partial charge >= 0.3 is 0 Å². The Kier molecular flexibility index (Phi) is 5.65. The van der Waals surface area contributed by atoms with Crippen LogP contribution in [0.2, 0.25) is 5.02 Å². The summed E-state index contributed by atoms with van der Waals surface area (Å²) in [5, 5.41) is 9.17. The number of carbonyl (C=O) groups excluding carboxylic acids is 1. The highest BCUT2D eigenvalue weighted by atomic mass is 35.5. The van der Waals surface area contributed by atoms with Gasteiger partial charge in [0.25, 0.3) is 5.56 Å². The normalized spacial score (nSPS) is 19.5.